The first kappa shape index (κ1) is 21.7. The number of hydrogen-bond donors (Lipinski definition) is 3. The number of unbranched alkanes of at least 4 members (excludes halogenated alkanes) is 2. The standard InChI is InChI=1S/C22H25Cl2N5O2/c1-4-5-6-7-26-20(30)12-8-16-17(13-9-22(2,3)31-19(12)13)28-21(27-16)29-18-14(23)10-25-11-15(18)24/h8,10-11H,4-7,9H2,1-3H3,(H,26,30)(H2,25,27,28,29). The average molecular weight is 462 g/mol. The predicted octanol–water partition coefficient (Wildman–Crippen LogP) is 5.64. The van der Waals surface area contributed by atoms with Gasteiger partial charge in [0.25, 0.3) is 5.91 Å². The van der Waals surface area contributed by atoms with Gasteiger partial charge in [0.15, 0.2) is 0 Å². The molecule has 1 amide bonds. The lowest BCUT2D eigenvalue weighted by Crippen LogP contribution is -2.27. The van der Waals surface area contributed by atoms with Gasteiger partial charge in [0, 0.05) is 30.9 Å². The Labute approximate surface area is 190 Å². The molecule has 31 heavy (non-hydrogen) atoms. The van der Waals surface area contributed by atoms with Crippen LogP contribution in [0.25, 0.3) is 11.0 Å². The quantitative estimate of drug-likeness (QED) is 0.395. The third kappa shape index (κ3) is 4.43. The number of imidazole rings is 1. The molecule has 1 aliphatic rings. The summed E-state index contributed by atoms with van der Waals surface area (Å²) in [5, 5.41) is 6.90. The van der Waals surface area contributed by atoms with Crippen molar-refractivity contribution in [3.05, 3.63) is 39.6 Å². The lowest BCUT2D eigenvalue weighted by atomic mass is 9.99. The van der Waals surface area contributed by atoms with E-state index in [1.165, 1.54) is 12.4 Å². The fourth-order valence-corrected chi connectivity index (χ4v) is 4.23. The summed E-state index contributed by atoms with van der Waals surface area (Å²) in [6.07, 6.45) is 6.80. The maximum absolute atomic E-state index is 12.9. The van der Waals surface area contributed by atoms with Crippen molar-refractivity contribution in [3.8, 4) is 5.75 Å². The molecule has 3 heterocycles. The van der Waals surface area contributed by atoms with Gasteiger partial charge < -0.3 is 20.4 Å². The summed E-state index contributed by atoms with van der Waals surface area (Å²) in [5.41, 5.74) is 3.04. The summed E-state index contributed by atoms with van der Waals surface area (Å²) >= 11 is 12.4. The number of benzene rings is 1. The fraction of sp³-hybridized carbons (Fsp3) is 0.409. The maximum Gasteiger partial charge on any atom is 0.255 e. The number of carbonyl (C=O) groups excluding carboxylic acids is 1. The molecule has 1 aliphatic heterocycles. The second-order valence-electron chi connectivity index (χ2n) is 8.32. The molecule has 0 aliphatic carbocycles. The van der Waals surface area contributed by atoms with Crippen molar-refractivity contribution in [2.24, 2.45) is 0 Å². The highest BCUT2D eigenvalue weighted by Crippen LogP contribution is 2.42. The number of nitrogens with one attached hydrogen (secondary N) is 3. The number of ether oxygens (including phenoxy) is 1. The van der Waals surface area contributed by atoms with E-state index in [0.717, 1.165) is 30.3 Å². The van der Waals surface area contributed by atoms with Crippen molar-refractivity contribution < 1.29 is 9.53 Å². The van der Waals surface area contributed by atoms with Crippen molar-refractivity contribution in [2.45, 2.75) is 52.1 Å². The van der Waals surface area contributed by atoms with Gasteiger partial charge in [-0.05, 0) is 26.3 Å². The molecule has 0 spiro atoms. The first-order chi connectivity index (χ1) is 14.8. The van der Waals surface area contributed by atoms with Crippen LogP contribution in [0.1, 0.15) is 56.0 Å². The van der Waals surface area contributed by atoms with Crippen molar-refractivity contribution in [2.75, 3.05) is 11.9 Å². The number of fused-ring (bicyclic) bond motifs is 3. The van der Waals surface area contributed by atoms with Crippen LogP contribution in [0.4, 0.5) is 11.6 Å². The number of anilines is 2. The van der Waals surface area contributed by atoms with Crippen LogP contribution in [0.2, 0.25) is 10.0 Å². The molecule has 164 valence electrons. The molecule has 7 nitrogen and oxygen atoms in total. The zero-order valence-electron chi connectivity index (χ0n) is 17.7. The molecule has 2 aromatic heterocycles. The largest absolute Gasteiger partial charge is 0.486 e. The Kier molecular flexibility index (Phi) is 5.99. The highest BCUT2D eigenvalue weighted by atomic mass is 35.5. The number of amides is 1. The average Bonchev–Trinajstić information content (AvgIpc) is 3.26. The number of nitrogens with zero attached hydrogens (tertiary/aromatic N) is 2. The van der Waals surface area contributed by atoms with E-state index in [1.54, 1.807) is 6.07 Å². The van der Waals surface area contributed by atoms with Crippen molar-refractivity contribution in [1.29, 1.82) is 0 Å². The molecule has 9 heteroatoms. The molecule has 4 rings (SSSR count). The Morgan fingerprint density at radius 1 is 1.26 bits per heavy atom. The van der Waals surface area contributed by atoms with E-state index in [0.29, 0.717) is 51.5 Å². The van der Waals surface area contributed by atoms with Gasteiger partial charge in [0.2, 0.25) is 5.95 Å². The summed E-state index contributed by atoms with van der Waals surface area (Å²) in [4.78, 5) is 24.8. The summed E-state index contributed by atoms with van der Waals surface area (Å²) in [6.45, 7) is 6.78. The van der Waals surface area contributed by atoms with Crippen LogP contribution in [0.3, 0.4) is 0 Å². The van der Waals surface area contributed by atoms with Crippen LogP contribution < -0.4 is 15.4 Å². The molecule has 0 fully saturated rings. The van der Waals surface area contributed by atoms with Crippen molar-refractivity contribution >= 4 is 51.8 Å². The molecule has 3 N–H and O–H groups in total. The zero-order valence-corrected chi connectivity index (χ0v) is 19.2. The third-order valence-electron chi connectivity index (χ3n) is 5.22. The first-order valence-electron chi connectivity index (χ1n) is 10.4. The minimum atomic E-state index is -0.412. The Hall–Kier alpha value is -2.51. The van der Waals surface area contributed by atoms with Gasteiger partial charge in [0.05, 0.1) is 32.3 Å². The number of H-pyrrole nitrogens is 1. The number of aromatic amines is 1. The van der Waals surface area contributed by atoms with E-state index in [-0.39, 0.29) is 5.91 Å². The van der Waals surface area contributed by atoms with Gasteiger partial charge in [-0.15, -0.1) is 0 Å². The Morgan fingerprint density at radius 2 is 2.00 bits per heavy atom. The summed E-state index contributed by atoms with van der Waals surface area (Å²) in [7, 11) is 0. The molecule has 0 saturated carbocycles. The molecule has 1 aromatic carbocycles. The van der Waals surface area contributed by atoms with Gasteiger partial charge in [-0.1, -0.05) is 43.0 Å². The Morgan fingerprint density at radius 3 is 2.71 bits per heavy atom. The Balaban J connectivity index is 1.71. The normalized spacial score (nSPS) is 14.4. The van der Waals surface area contributed by atoms with Gasteiger partial charge in [0.1, 0.15) is 11.4 Å². The van der Waals surface area contributed by atoms with Gasteiger partial charge in [-0.25, -0.2) is 4.98 Å². The van der Waals surface area contributed by atoms with Gasteiger partial charge in [-0.3, -0.25) is 9.78 Å². The summed E-state index contributed by atoms with van der Waals surface area (Å²) in [5.74, 6) is 0.933. The number of aromatic nitrogens is 3. The highest BCUT2D eigenvalue weighted by molar-refractivity contribution is 6.39. The summed E-state index contributed by atoms with van der Waals surface area (Å²) < 4.78 is 6.17. The zero-order chi connectivity index (χ0) is 22.2. The number of carbonyl (C=O) groups is 1. The monoisotopic (exact) mass is 461 g/mol. The lowest BCUT2D eigenvalue weighted by molar-refractivity contribution is 0.0939. The predicted molar refractivity (Wildman–Crippen MR) is 124 cm³/mol. The van der Waals surface area contributed by atoms with E-state index >= 15 is 0 Å². The van der Waals surface area contributed by atoms with E-state index < -0.39 is 5.60 Å². The molecular weight excluding hydrogens is 437 g/mol. The molecule has 0 radical (unpaired) electrons. The maximum atomic E-state index is 12.9. The highest BCUT2D eigenvalue weighted by Gasteiger charge is 2.36. The lowest BCUT2D eigenvalue weighted by Gasteiger charge is -2.18. The summed E-state index contributed by atoms with van der Waals surface area (Å²) in [6, 6.07) is 1.77. The van der Waals surface area contributed by atoms with Gasteiger partial charge >= 0.3 is 0 Å². The minimum absolute atomic E-state index is 0.148. The van der Waals surface area contributed by atoms with E-state index in [1.807, 2.05) is 13.8 Å². The minimum Gasteiger partial charge on any atom is -0.486 e. The van der Waals surface area contributed by atoms with Gasteiger partial charge in [-0.2, -0.15) is 0 Å². The third-order valence-corrected chi connectivity index (χ3v) is 5.79. The van der Waals surface area contributed by atoms with Crippen molar-refractivity contribution in [1.82, 2.24) is 20.3 Å². The number of hydrogen-bond acceptors (Lipinski definition) is 5. The smallest absolute Gasteiger partial charge is 0.255 e. The molecule has 0 atom stereocenters. The van der Waals surface area contributed by atoms with Crippen LogP contribution in [0, 0.1) is 0 Å². The van der Waals surface area contributed by atoms with Crippen molar-refractivity contribution in [3.63, 3.8) is 0 Å². The van der Waals surface area contributed by atoms with Crippen LogP contribution in [0.5, 0.6) is 5.75 Å². The Bertz CT molecular complexity index is 1120. The van der Waals surface area contributed by atoms with E-state index in [4.69, 9.17) is 27.9 Å². The fourth-order valence-electron chi connectivity index (χ4n) is 3.77. The molecule has 0 saturated heterocycles. The molecule has 3 aromatic rings. The van der Waals surface area contributed by atoms with E-state index in [2.05, 4.69) is 32.5 Å². The van der Waals surface area contributed by atoms with Crippen LogP contribution in [-0.2, 0) is 6.42 Å². The second-order valence-corrected chi connectivity index (χ2v) is 9.13. The molecule has 0 unspecified atom stereocenters. The molecular formula is C22H25Cl2N5O2. The molecule has 0 bridgehead atoms. The number of pyridine rings is 1. The van der Waals surface area contributed by atoms with Crippen LogP contribution >= 0.6 is 23.2 Å². The van der Waals surface area contributed by atoms with Crippen LogP contribution in [-0.4, -0.2) is 33.0 Å². The SMILES string of the molecule is CCCCCNC(=O)c1cc2nc(Nc3c(Cl)cncc3Cl)[nH]c2c2c1OC(C)(C)C2. The van der Waals surface area contributed by atoms with Crippen LogP contribution in [0.15, 0.2) is 18.5 Å². The number of halogens is 2. The number of rotatable bonds is 7. The van der Waals surface area contributed by atoms with E-state index in [9.17, 15) is 4.79 Å². The topological polar surface area (TPSA) is 91.9 Å². The first-order valence-corrected chi connectivity index (χ1v) is 11.1. The second kappa shape index (κ2) is 8.55.